The summed E-state index contributed by atoms with van der Waals surface area (Å²) in [5.41, 5.74) is 17.8. The number of hydrogen-bond acceptors (Lipinski definition) is 4. The molecule has 0 radical (unpaired) electrons. The van der Waals surface area contributed by atoms with E-state index in [2.05, 4.69) is 104 Å². The number of rotatable bonds is 3. The average molecular weight is 687 g/mol. The molecule has 10 atom stereocenters. The second kappa shape index (κ2) is 9.45. The third-order valence-corrected chi connectivity index (χ3v) is 18.5. The number of nitrogens with zero attached hydrogens (tertiary/aromatic N) is 4. The van der Waals surface area contributed by atoms with Crippen molar-refractivity contribution in [1.82, 2.24) is 19.9 Å². The van der Waals surface area contributed by atoms with Crippen LogP contribution < -0.4 is 0 Å². The molecular formula is C48H54N4. The van der Waals surface area contributed by atoms with Crippen LogP contribution in [0.1, 0.15) is 161 Å². The van der Waals surface area contributed by atoms with Gasteiger partial charge in [-0.05, 0) is 188 Å². The monoisotopic (exact) mass is 686 g/mol. The van der Waals surface area contributed by atoms with Crippen LogP contribution in [-0.2, 0) is 12.8 Å². The lowest BCUT2D eigenvalue weighted by Gasteiger charge is -2.67. The fraction of sp³-hybridized carbons (Fsp3) is 0.583. The van der Waals surface area contributed by atoms with Crippen LogP contribution in [0.5, 0.6) is 0 Å². The van der Waals surface area contributed by atoms with Crippen LogP contribution in [-0.4, -0.2) is 19.9 Å². The molecule has 0 amide bonds. The van der Waals surface area contributed by atoms with Crippen LogP contribution >= 0.6 is 0 Å². The molecule has 4 fully saturated rings. The highest BCUT2D eigenvalue weighted by molar-refractivity contribution is 5.64. The van der Waals surface area contributed by atoms with Crippen LogP contribution in [0.15, 0.2) is 49.1 Å². The summed E-state index contributed by atoms with van der Waals surface area (Å²) in [5.74, 6) is 6.34. The fourth-order valence-corrected chi connectivity index (χ4v) is 14.5. The summed E-state index contributed by atoms with van der Waals surface area (Å²) in [6.07, 6.45) is 16.6. The van der Waals surface area contributed by atoms with E-state index >= 15 is 0 Å². The van der Waals surface area contributed by atoms with Gasteiger partial charge in [-0.3, -0.25) is 19.9 Å². The standard InChI is InChI=1S/C48H54N4/c1-45(2)25-9-23-11-39(49-19-29(23)33(45)13-25)41-15-27-31(21-51-41)35-17-37(47(35,5)6)43(27)44-28-16-42(52-22-32(28)36-18-38(44)48(36,7)8)40-12-24-10-26-14-34(46(26,3)4)30(24)20-50-40/h11-12,15-16,19-22,25-26,33-38,43-44H,9-10,13-14,17-18H2,1-8H3/t25-,26-,33-,34-,35-,36-,37+,38+,43?,44?/m0/s1. The van der Waals surface area contributed by atoms with Crippen LogP contribution in [0.2, 0.25) is 0 Å². The van der Waals surface area contributed by atoms with E-state index < -0.39 is 0 Å². The minimum atomic E-state index is 0.272. The van der Waals surface area contributed by atoms with Crippen molar-refractivity contribution in [1.29, 1.82) is 0 Å². The van der Waals surface area contributed by atoms with E-state index in [-0.39, 0.29) is 10.8 Å². The van der Waals surface area contributed by atoms with Crippen molar-refractivity contribution in [2.75, 3.05) is 0 Å². The SMILES string of the molecule is CC1(C)[C@H]2Cc3cc(-c4cc5c(cn4)[C@@H]4C[C@H](C5C5c6cc(-c7cc8c(cn7)[C@@H]7C[C@H](C8)C7(C)C)ncc6[C@@H]6C[C@H]5C6(C)C)C4(C)C)ncc3[C@@H]1C2. The molecular weight excluding hydrogens is 633 g/mol. The quantitative estimate of drug-likeness (QED) is 0.215. The molecule has 4 saturated carbocycles. The number of hydrogen-bond donors (Lipinski definition) is 0. The molecule has 4 heteroatoms. The number of fused-ring (bicyclic) bond motifs is 1. The summed E-state index contributed by atoms with van der Waals surface area (Å²) in [6, 6.07) is 9.83. The molecule has 52 heavy (non-hydrogen) atoms. The Morgan fingerprint density at radius 1 is 0.404 bits per heavy atom. The van der Waals surface area contributed by atoms with Gasteiger partial charge in [0, 0.05) is 24.8 Å². The van der Waals surface area contributed by atoms with Gasteiger partial charge >= 0.3 is 0 Å². The lowest BCUT2D eigenvalue weighted by Crippen LogP contribution is -2.57. The van der Waals surface area contributed by atoms with Gasteiger partial charge in [0.15, 0.2) is 0 Å². The van der Waals surface area contributed by atoms with E-state index in [1.807, 2.05) is 0 Å². The average Bonchev–Trinajstić information content (AvgIpc) is 3.14. The first-order valence-corrected chi connectivity index (χ1v) is 20.7. The predicted molar refractivity (Wildman–Crippen MR) is 206 cm³/mol. The first-order chi connectivity index (χ1) is 24.7. The number of pyridine rings is 4. The van der Waals surface area contributed by atoms with E-state index in [9.17, 15) is 0 Å². The molecule has 0 spiro atoms. The smallest absolute Gasteiger partial charge is 0.0889 e. The molecule has 2 unspecified atom stereocenters. The summed E-state index contributed by atoms with van der Waals surface area (Å²) < 4.78 is 0. The lowest BCUT2D eigenvalue weighted by atomic mass is 9.36. The van der Waals surface area contributed by atoms with E-state index in [1.54, 1.807) is 11.1 Å². The predicted octanol–water partition coefficient (Wildman–Crippen LogP) is 11.1. The van der Waals surface area contributed by atoms with E-state index in [0.717, 1.165) is 34.6 Å². The molecule has 4 aromatic heterocycles. The summed E-state index contributed by atoms with van der Waals surface area (Å²) >= 11 is 0. The summed E-state index contributed by atoms with van der Waals surface area (Å²) in [4.78, 5) is 20.7. The van der Waals surface area contributed by atoms with Gasteiger partial charge in [-0.15, -0.1) is 0 Å². The van der Waals surface area contributed by atoms with E-state index in [1.165, 1.54) is 71.9 Å². The second-order valence-electron chi connectivity index (χ2n) is 21.4. The van der Waals surface area contributed by atoms with Crippen molar-refractivity contribution in [2.24, 2.45) is 45.3 Å². The lowest BCUT2D eigenvalue weighted by molar-refractivity contribution is -0.0648. The normalized spacial score (nSPS) is 37.4. The van der Waals surface area contributed by atoms with Crippen molar-refractivity contribution in [3.05, 3.63) is 93.6 Å². The highest BCUT2D eigenvalue weighted by atomic mass is 14.8. The molecule has 0 saturated heterocycles. The van der Waals surface area contributed by atoms with Gasteiger partial charge in [-0.2, -0.15) is 0 Å². The Kier molecular flexibility index (Phi) is 5.63. The summed E-state index contributed by atoms with van der Waals surface area (Å²) in [7, 11) is 0. The van der Waals surface area contributed by atoms with Gasteiger partial charge < -0.3 is 0 Å². The highest BCUT2D eigenvalue weighted by Gasteiger charge is 2.65. The Labute approximate surface area is 310 Å². The van der Waals surface area contributed by atoms with Crippen LogP contribution in [0, 0.1) is 45.3 Å². The molecule has 12 aliphatic rings. The molecule has 12 aliphatic carbocycles. The topological polar surface area (TPSA) is 51.6 Å². The largest absolute Gasteiger partial charge is 0.254 e. The molecule has 266 valence electrons. The van der Waals surface area contributed by atoms with Crippen LogP contribution in [0.4, 0.5) is 0 Å². The van der Waals surface area contributed by atoms with Crippen LogP contribution in [0.3, 0.4) is 0 Å². The fourth-order valence-electron chi connectivity index (χ4n) is 14.5. The van der Waals surface area contributed by atoms with Crippen molar-refractivity contribution in [3.63, 3.8) is 0 Å². The van der Waals surface area contributed by atoms with Crippen molar-refractivity contribution >= 4 is 0 Å². The zero-order valence-electron chi connectivity index (χ0n) is 32.4. The molecule has 4 heterocycles. The van der Waals surface area contributed by atoms with Crippen molar-refractivity contribution in [3.8, 4) is 22.8 Å². The minimum absolute atomic E-state index is 0.272. The highest BCUT2D eigenvalue weighted by Crippen LogP contribution is 2.75. The first-order valence-electron chi connectivity index (χ1n) is 20.7. The molecule has 0 aliphatic heterocycles. The Morgan fingerprint density at radius 3 is 1.12 bits per heavy atom. The maximum absolute atomic E-state index is 5.22. The Morgan fingerprint density at radius 2 is 0.750 bits per heavy atom. The minimum Gasteiger partial charge on any atom is -0.254 e. The van der Waals surface area contributed by atoms with Gasteiger partial charge in [-0.1, -0.05) is 55.4 Å². The Bertz CT molecular complexity index is 2100. The Balaban J connectivity index is 0.970. The second-order valence-corrected chi connectivity index (χ2v) is 21.4. The van der Waals surface area contributed by atoms with E-state index in [0.29, 0.717) is 58.2 Å². The summed E-state index contributed by atoms with van der Waals surface area (Å²) in [6.45, 7) is 20.0. The molecule has 0 N–H and O–H groups in total. The maximum atomic E-state index is 5.22. The third kappa shape index (κ3) is 3.58. The van der Waals surface area contributed by atoms with Gasteiger partial charge in [0.25, 0.3) is 0 Å². The van der Waals surface area contributed by atoms with Gasteiger partial charge in [0.1, 0.15) is 0 Å². The molecule has 4 nitrogen and oxygen atoms in total. The zero-order chi connectivity index (χ0) is 35.4. The van der Waals surface area contributed by atoms with Gasteiger partial charge in [0.05, 0.1) is 22.8 Å². The third-order valence-electron chi connectivity index (χ3n) is 18.5. The Hall–Kier alpha value is -3.40. The van der Waals surface area contributed by atoms with Gasteiger partial charge in [-0.25, -0.2) is 0 Å². The molecule has 4 aromatic rings. The van der Waals surface area contributed by atoms with Crippen molar-refractivity contribution < 1.29 is 0 Å². The van der Waals surface area contributed by atoms with Gasteiger partial charge in [0.2, 0.25) is 0 Å². The molecule has 16 rings (SSSR count). The van der Waals surface area contributed by atoms with E-state index in [4.69, 9.17) is 19.9 Å². The van der Waals surface area contributed by atoms with Crippen LogP contribution in [0.25, 0.3) is 22.8 Å². The number of aromatic nitrogens is 4. The zero-order valence-corrected chi connectivity index (χ0v) is 32.4. The first kappa shape index (κ1) is 31.0. The summed E-state index contributed by atoms with van der Waals surface area (Å²) in [5, 5.41) is 0. The maximum Gasteiger partial charge on any atom is 0.0889 e. The molecule has 0 aromatic carbocycles. The van der Waals surface area contributed by atoms with Crippen molar-refractivity contribution in [2.45, 2.75) is 129 Å². The molecule has 8 bridgehead atoms.